The summed E-state index contributed by atoms with van der Waals surface area (Å²) in [6, 6.07) is 6.87. The first kappa shape index (κ1) is 20.9. The number of thiophene rings is 1. The van der Waals surface area contributed by atoms with E-state index >= 15 is 0 Å². The van der Waals surface area contributed by atoms with Crippen molar-refractivity contribution in [2.24, 2.45) is 5.92 Å². The zero-order valence-electron chi connectivity index (χ0n) is 16.7. The Bertz CT molecular complexity index is 937. The number of hydrogen-bond donors (Lipinski definition) is 2. The highest BCUT2D eigenvalue weighted by Crippen LogP contribution is 2.40. The van der Waals surface area contributed by atoms with Crippen LogP contribution in [-0.2, 0) is 17.6 Å². The maximum absolute atomic E-state index is 12.9. The van der Waals surface area contributed by atoms with Gasteiger partial charge in [0.05, 0.1) is 24.8 Å². The van der Waals surface area contributed by atoms with E-state index in [1.165, 1.54) is 18.4 Å². The zero-order chi connectivity index (χ0) is 21.0. The Morgan fingerprint density at radius 1 is 1.21 bits per heavy atom. The van der Waals surface area contributed by atoms with Gasteiger partial charge in [-0.25, -0.2) is 4.79 Å². The monoisotopic (exact) mass is 416 g/mol. The van der Waals surface area contributed by atoms with Crippen molar-refractivity contribution >= 4 is 34.2 Å². The lowest BCUT2D eigenvalue weighted by molar-refractivity contribution is 0.0925. The molecule has 3 amide bonds. The average molecular weight is 416 g/mol. The van der Waals surface area contributed by atoms with E-state index in [9.17, 15) is 14.4 Å². The van der Waals surface area contributed by atoms with Crippen molar-refractivity contribution in [3.05, 3.63) is 45.8 Å². The molecule has 0 saturated carbocycles. The number of carbonyl (C=O) groups is 3. The SMILES string of the molecule is CCOC(=O)NC(=O)c1c(NC(=O)c2ccccc2OC)sc2c1CC[C@H](C)C2. The largest absolute Gasteiger partial charge is 0.496 e. The van der Waals surface area contributed by atoms with Gasteiger partial charge in [0.1, 0.15) is 10.8 Å². The van der Waals surface area contributed by atoms with Crippen LogP contribution in [0.4, 0.5) is 9.80 Å². The van der Waals surface area contributed by atoms with Gasteiger partial charge in [-0.2, -0.15) is 0 Å². The van der Waals surface area contributed by atoms with E-state index < -0.39 is 12.0 Å². The van der Waals surface area contributed by atoms with E-state index in [1.54, 1.807) is 31.2 Å². The third kappa shape index (κ3) is 4.59. The van der Waals surface area contributed by atoms with Crippen LogP contribution >= 0.6 is 11.3 Å². The predicted molar refractivity (Wildman–Crippen MR) is 111 cm³/mol. The van der Waals surface area contributed by atoms with E-state index in [0.717, 1.165) is 29.7 Å². The average Bonchev–Trinajstić information content (AvgIpc) is 3.04. The Morgan fingerprint density at radius 2 is 1.97 bits per heavy atom. The van der Waals surface area contributed by atoms with Gasteiger partial charge in [-0.3, -0.25) is 14.9 Å². The Labute approximate surface area is 173 Å². The van der Waals surface area contributed by atoms with Crippen molar-refractivity contribution in [3.63, 3.8) is 0 Å². The number of ether oxygens (including phenoxy) is 2. The lowest BCUT2D eigenvalue weighted by Gasteiger charge is -2.18. The number of carbonyl (C=O) groups excluding carboxylic acids is 3. The maximum Gasteiger partial charge on any atom is 0.414 e. The normalized spacial score (nSPS) is 15.2. The van der Waals surface area contributed by atoms with E-state index in [1.807, 2.05) is 0 Å². The highest BCUT2D eigenvalue weighted by atomic mass is 32.1. The molecule has 0 spiro atoms. The number of anilines is 1. The molecule has 0 unspecified atom stereocenters. The lowest BCUT2D eigenvalue weighted by atomic mass is 9.88. The van der Waals surface area contributed by atoms with Crippen molar-refractivity contribution in [3.8, 4) is 5.75 Å². The fourth-order valence-corrected chi connectivity index (χ4v) is 4.81. The van der Waals surface area contributed by atoms with Gasteiger partial charge in [-0.05, 0) is 49.8 Å². The molecule has 1 aliphatic carbocycles. The van der Waals surface area contributed by atoms with Crippen LogP contribution in [0.25, 0.3) is 0 Å². The lowest BCUT2D eigenvalue weighted by Crippen LogP contribution is -2.32. The smallest absolute Gasteiger partial charge is 0.414 e. The summed E-state index contributed by atoms with van der Waals surface area (Å²) in [5, 5.41) is 5.53. The van der Waals surface area contributed by atoms with Crippen LogP contribution in [0.1, 0.15) is 51.4 Å². The van der Waals surface area contributed by atoms with Crippen LogP contribution in [0.2, 0.25) is 0 Å². The summed E-state index contributed by atoms with van der Waals surface area (Å²) >= 11 is 1.39. The maximum atomic E-state index is 12.9. The fraction of sp³-hybridized carbons (Fsp3) is 0.381. The van der Waals surface area contributed by atoms with Gasteiger partial charge in [0.2, 0.25) is 0 Å². The second-order valence-corrected chi connectivity index (χ2v) is 7.99. The molecule has 0 saturated heterocycles. The molecule has 1 aromatic carbocycles. The number of para-hydroxylation sites is 1. The van der Waals surface area contributed by atoms with E-state index in [2.05, 4.69) is 17.6 Å². The van der Waals surface area contributed by atoms with Crippen LogP contribution in [0.5, 0.6) is 5.75 Å². The highest BCUT2D eigenvalue weighted by Gasteiger charge is 2.29. The number of rotatable bonds is 5. The standard InChI is InChI=1S/C21H24N2O5S/c1-4-28-21(26)23-19(25)17-14-10-9-12(2)11-16(14)29-20(17)22-18(24)13-7-5-6-8-15(13)27-3/h5-8,12H,4,9-11H2,1-3H3,(H,22,24)(H,23,25,26)/t12-/m0/s1. The molecular formula is C21H24N2O5S. The van der Waals surface area contributed by atoms with E-state index in [4.69, 9.17) is 9.47 Å². The van der Waals surface area contributed by atoms with Crippen molar-refractivity contribution in [1.82, 2.24) is 5.32 Å². The van der Waals surface area contributed by atoms with Crippen LogP contribution in [-0.4, -0.2) is 31.6 Å². The van der Waals surface area contributed by atoms with Crippen molar-refractivity contribution < 1.29 is 23.9 Å². The minimum atomic E-state index is -0.802. The first-order chi connectivity index (χ1) is 13.9. The number of methoxy groups -OCH3 is 1. The molecule has 0 fully saturated rings. The summed E-state index contributed by atoms with van der Waals surface area (Å²) < 4.78 is 10.1. The third-order valence-electron chi connectivity index (χ3n) is 4.81. The zero-order valence-corrected chi connectivity index (χ0v) is 17.5. The first-order valence-electron chi connectivity index (χ1n) is 9.51. The molecule has 0 radical (unpaired) electrons. The molecule has 3 rings (SSSR count). The molecule has 2 N–H and O–H groups in total. The second kappa shape index (κ2) is 9.09. The number of amides is 3. The molecule has 29 heavy (non-hydrogen) atoms. The van der Waals surface area contributed by atoms with Gasteiger partial charge in [0.25, 0.3) is 11.8 Å². The minimum absolute atomic E-state index is 0.162. The Kier molecular flexibility index (Phi) is 6.53. The van der Waals surface area contributed by atoms with Gasteiger partial charge >= 0.3 is 6.09 Å². The molecule has 1 aromatic heterocycles. The predicted octanol–water partition coefficient (Wildman–Crippen LogP) is 4.02. The molecule has 8 heteroatoms. The molecule has 1 atom stereocenters. The number of nitrogens with one attached hydrogen (secondary N) is 2. The molecule has 0 aliphatic heterocycles. The Hall–Kier alpha value is -2.87. The molecule has 0 bridgehead atoms. The van der Waals surface area contributed by atoms with Gasteiger partial charge in [0, 0.05) is 4.88 Å². The van der Waals surface area contributed by atoms with E-state index in [0.29, 0.717) is 27.8 Å². The third-order valence-corrected chi connectivity index (χ3v) is 5.98. The number of imide groups is 1. The van der Waals surface area contributed by atoms with Gasteiger partial charge < -0.3 is 14.8 Å². The molecule has 7 nitrogen and oxygen atoms in total. The van der Waals surface area contributed by atoms with Crippen molar-refractivity contribution in [2.45, 2.75) is 33.1 Å². The molecule has 154 valence electrons. The van der Waals surface area contributed by atoms with Crippen LogP contribution in [0.3, 0.4) is 0 Å². The quantitative estimate of drug-likeness (QED) is 0.768. The second-order valence-electron chi connectivity index (χ2n) is 6.88. The van der Waals surface area contributed by atoms with Gasteiger partial charge in [-0.1, -0.05) is 19.1 Å². The van der Waals surface area contributed by atoms with Gasteiger partial charge in [0.15, 0.2) is 0 Å². The van der Waals surface area contributed by atoms with Crippen molar-refractivity contribution in [2.75, 3.05) is 19.0 Å². The summed E-state index contributed by atoms with van der Waals surface area (Å²) in [5.41, 5.74) is 1.60. The summed E-state index contributed by atoms with van der Waals surface area (Å²) in [6.07, 6.45) is 1.71. The molecule has 1 heterocycles. The Balaban J connectivity index is 1.94. The van der Waals surface area contributed by atoms with E-state index in [-0.39, 0.29) is 12.5 Å². The fourth-order valence-electron chi connectivity index (χ4n) is 3.40. The summed E-state index contributed by atoms with van der Waals surface area (Å²) in [5.74, 6) is 0.00228. The number of fused-ring (bicyclic) bond motifs is 1. The summed E-state index contributed by atoms with van der Waals surface area (Å²) in [7, 11) is 1.50. The first-order valence-corrected chi connectivity index (χ1v) is 10.3. The van der Waals surface area contributed by atoms with Crippen molar-refractivity contribution in [1.29, 1.82) is 0 Å². The highest BCUT2D eigenvalue weighted by molar-refractivity contribution is 7.17. The molecule has 2 aromatic rings. The summed E-state index contributed by atoms with van der Waals surface area (Å²) in [4.78, 5) is 38.5. The van der Waals surface area contributed by atoms with Crippen LogP contribution < -0.4 is 15.4 Å². The topological polar surface area (TPSA) is 93.7 Å². The van der Waals surface area contributed by atoms with Crippen LogP contribution in [0, 0.1) is 5.92 Å². The van der Waals surface area contributed by atoms with Gasteiger partial charge in [-0.15, -0.1) is 11.3 Å². The summed E-state index contributed by atoms with van der Waals surface area (Å²) in [6.45, 7) is 3.99. The molecule has 1 aliphatic rings. The van der Waals surface area contributed by atoms with Crippen LogP contribution in [0.15, 0.2) is 24.3 Å². The Morgan fingerprint density at radius 3 is 2.69 bits per heavy atom. The number of hydrogen-bond acceptors (Lipinski definition) is 6. The number of benzene rings is 1. The molecular weight excluding hydrogens is 392 g/mol. The number of alkyl carbamates (subject to hydrolysis) is 1. The minimum Gasteiger partial charge on any atom is -0.496 e.